The largest absolute Gasteiger partial charge is 0.450 e. The van der Waals surface area contributed by atoms with Crippen LogP contribution in [0.15, 0.2) is 69.9 Å². The Morgan fingerprint density at radius 1 is 0.968 bits per heavy atom. The summed E-state index contributed by atoms with van der Waals surface area (Å²) in [5.41, 5.74) is 2.80. The number of carbonyl (C=O) groups is 1. The zero-order chi connectivity index (χ0) is 21.9. The van der Waals surface area contributed by atoms with E-state index in [1.54, 1.807) is 36.4 Å². The van der Waals surface area contributed by atoms with E-state index < -0.39 is 23.2 Å². The smallest absolute Gasteiger partial charge is 0.295 e. The molecule has 1 aliphatic rings. The Balaban J connectivity index is 1.85. The van der Waals surface area contributed by atoms with Crippen molar-refractivity contribution in [1.82, 2.24) is 0 Å². The molecule has 0 N–H and O–H groups in total. The van der Waals surface area contributed by atoms with E-state index in [2.05, 4.69) is 0 Å². The minimum absolute atomic E-state index is 0.0775. The maximum atomic E-state index is 14.9. The van der Waals surface area contributed by atoms with Gasteiger partial charge in [0, 0.05) is 16.3 Å². The van der Waals surface area contributed by atoms with Gasteiger partial charge in [-0.1, -0.05) is 35.9 Å². The molecule has 154 valence electrons. The fourth-order valence-corrected chi connectivity index (χ4v) is 4.25. The van der Waals surface area contributed by atoms with Crippen LogP contribution < -0.4 is 10.3 Å². The van der Waals surface area contributed by atoms with Crippen LogP contribution in [0.5, 0.6) is 0 Å². The molecule has 0 radical (unpaired) electrons. The molecule has 0 spiro atoms. The molecule has 0 fully saturated rings. The summed E-state index contributed by atoms with van der Waals surface area (Å²) < 4.78 is 20.8. The lowest BCUT2D eigenvalue weighted by atomic mass is 9.97. The van der Waals surface area contributed by atoms with Crippen LogP contribution in [0, 0.1) is 19.7 Å². The Morgan fingerprint density at radius 3 is 2.48 bits per heavy atom. The summed E-state index contributed by atoms with van der Waals surface area (Å²) >= 11 is 6.09. The lowest BCUT2D eigenvalue weighted by molar-refractivity contribution is 0.0971. The Morgan fingerprint density at radius 2 is 1.74 bits per heavy atom. The second-order valence-corrected chi connectivity index (χ2v) is 8.12. The molecule has 0 bridgehead atoms. The fraction of sp³-hybridized carbons (Fsp3) is 0.120. The van der Waals surface area contributed by atoms with E-state index in [0.717, 1.165) is 11.1 Å². The van der Waals surface area contributed by atoms with Gasteiger partial charge in [0.1, 0.15) is 11.4 Å². The van der Waals surface area contributed by atoms with Gasteiger partial charge in [-0.05, 0) is 61.4 Å². The summed E-state index contributed by atoms with van der Waals surface area (Å²) in [7, 11) is 0. The summed E-state index contributed by atoms with van der Waals surface area (Å²) in [5.74, 6) is -1.07. The van der Waals surface area contributed by atoms with Crippen LogP contribution in [0.3, 0.4) is 0 Å². The lowest BCUT2D eigenvalue weighted by Crippen LogP contribution is -2.30. The number of amides is 1. The number of benzene rings is 3. The minimum Gasteiger partial charge on any atom is -0.450 e. The number of anilines is 1. The van der Waals surface area contributed by atoms with Gasteiger partial charge in [0.2, 0.25) is 5.76 Å². The van der Waals surface area contributed by atoms with E-state index in [1.165, 1.54) is 17.0 Å². The van der Waals surface area contributed by atoms with E-state index in [9.17, 15) is 14.0 Å². The lowest BCUT2D eigenvalue weighted by Gasteiger charge is -2.26. The molecule has 1 aromatic heterocycles. The number of nitrogens with zero attached hydrogens (tertiary/aromatic N) is 1. The average Bonchev–Trinajstić information content (AvgIpc) is 3.04. The fourth-order valence-electron chi connectivity index (χ4n) is 4.08. The Labute approximate surface area is 182 Å². The number of hydrogen-bond acceptors (Lipinski definition) is 3. The first-order valence-electron chi connectivity index (χ1n) is 9.78. The van der Waals surface area contributed by atoms with Gasteiger partial charge < -0.3 is 4.42 Å². The van der Waals surface area contributed by atoms with Crippen molar-refractivity contribution in [2.75, 3.05) is 4.90 Å². The van der Waals surface area contributed by atoms with Crippen molar-refractivity contribution >= 4 is 34.2 Å². The number of carbonyl (C=O) groups excluding carboxylic acids is 1. The van der Waals surface area contributed by atoms with E-state index in [1.807, 2.05) is 26.0 Å². The monoisotopic (exact) mass is 433 g/mol. The van der Waals surface area contributed by atoms with E-state index >= 15 is 0 Å². The highest BCUT2D eigenvalue weighted by molar-refractivity contribution is 6.31. The second-order valence-electron chi connectivity index (χ2n) is 7.68. The van der Waals surface area contributed by atoms with Crippen molar-refractivity contribution < 1.29 is 13.6 Å². The van der Waals surface area contributed by atoms with Crippen LogP contribution >= 0.6 is 11.6 Å². The van der Waals surface area contributed by atoms with Crippen molar-refractivity contribution in [2.24, 2.45) is 0 Å². The molecule has 1 unspecified atom stereocenters. The number of rotatable bonds is 2. The van der Waals surface area contributed by atoms with E-state index in [4.69, 9.17) is 16.0 Å². The SMILES string of the molecule is Cc1ccc(N2C(=O)c3oc4ccc(Cl)cc4c(=O)c3C2c2ccccc2F)cc1C. The quantitative estimate of drug-likeness (QED) is 0.392. The van der Waals surface area contributed by atoms with Gasteiger partial charge in [0.05, 0.1) is 17.0 Å². The van der Waals surface area contributed by atoms with Crippen molar-refractivity contribution in [3.63, 3.8) is 0 Å². The van der Waals surface area contributed by atoms with E-state index in [-0.39, 0.29) is 27.9 Å². The van der Waals surface area contributed by atoms with Gasteiger partial charge in [-0.3, -0.25) is 14.5 Å². The molecule has 2 heterocycles. The Kier molecular flexibility index (Phi) is 4.45. The molecule has 1 amide bonds. The van der Waals surface area contributed by atoms with Crippen LogP contribution in [-0.2, 0) is 0 Å². The molecule has 6 heteroatoms. The molecule has 5 rings (SSSR count). The van der Waals surface area contributed by atoms with Gasteiger partial charge in [-0.15, -0.1) is 0 Å². The van der Waals surface area contributed by atoms with Crippen LogP contribution in [0.1, 0.15) is 38.9 Å². The predicted molar refractivity (Wildman–Crippen MR) is 118 cm³/mol. The molecular weight excluding hydrogens is 417 g/mol. The normalized spacial score (nSPS) is 15.5. The molecule has 1 atom stereocenters. The van der Waals surface area contributed by atoms with Crippen LogP contribution in [-0.4, -0.2) is 5.91 Å². The van der Waals surface area contributed by atoms with Crippen molar-refractivity contribution in [1.29, 1.82) is 0 Å². The maximum Gasteiger partial charge on any atom is 0.295 e. The molecule has 0 aliphatic carbocycles. The molecular formula is C25H17ClFNO3. The summed E-state index contributed by atoms with van der Waals surface area (Å²) in [6, 6.07) is 15.4. The van der Waals surface area contributed by atoms with Gasteiger partial charge in [0.25, 0.3) is 5.91 Å². The van der Waals surface area contributed by atoms with Crippen molar-refractivity contribution in [3.8, 4) is 0 Å². The molecule has 4 nitrogen and oxygen atoms in total. The van der Waals surface area contributed by atoms with E-state index in [0.29, 0.717) is 10.7 Å². The first kappa shape index (κ1) is 19.5. The van der Waals surface area contributed by atoms with Crippen LogP contribution in [0.2, 0.25) is 5.02 Å². The summed E-state index contributed by atoms with van der Waals surface area (Å²) in [6.45, 7) is 3.90. The first-order chi connectivity index (χ1) is 14.9. The number of aryl methyl sites for hydroxylation is 2. The third kappa shape index (κ3) is 2.96. The highest BCUT2D eigenvalue weighted by Gasteiger charge is 2.44. The van der Waals surface area contributed by atoms with Crippen LogP contribution in [0.25, 0.3) is 11.0 Å². The second kappa shape index (κ2) is 7.06. The Bertz CT molecular complexity index is 1440. The van der Waals surface area contributed by atoms with Gasteiger partial charge in [-0.2, -0.15) is 0 Å². The predicted octanol–water partition coefficient (Wildman–Crippen LogP) is 5.95. The molecule has 3 aromatic carbocycles. The van der Waals surface area contributed by atoms with Gasteiger partial charge in [-0.25, -0.2) is 4.39 Å². The molecule has 4 aromatic rings. The molecule has 31 heavy (non-hydrogen) atoms. The summed E-state index contributed by atoms with van der Waals surface area (Å²) in [6.07, 6.45) is 0. The topological polar surface area (TPSA) is 50.5 Å². The van der Waals surface area contributed by atoms with Crippen LogP contribution in [0.4, 0.5) is 10.1 Å². The number of hydrogen-bond donors (Lipinski definition) is 0. The Hall–Kier alpha value is -3.44. The highest BCUT2D eigenvalue weighted by atomic mass is 35.5. The zero-order valence-electron chi connectivity index (χ0n) is 16.8. The molecule has 1 aliphatic heterocycles. The standard InChI is InChI=1S/C25H17ClFNO3/c1-13-7-9-16(11-14(13)2)28-22(17-5-3-4-6-19(17)27)21-23(29)18-12-15(26)8-10-20(18)31-24(21)25(28)30/h3-12,22H,1-2H3. The summed E-state index contributed by atoms with van der Waals surface area (Å²) in [4.78, 5) is 28.4. The molecule has 0 saturated carbocycles. The number of halogens is 2. The third-order valence-corrected chi connectivity index (χ3v) is 6.04. The van der Waals surface area contributed by atoms with Crippen molar-refractivity contribution in [2.45, 2.75) is 19.9 Å². The summed E-state index contributed by atoms with van der Waals surface area (Å²) in [5, 5.41) is 0.625. The average molecular weight is 434 g/mol. The minimum atomic E-state index is -0.953. The van der Waals surface area contributed by atoms with Gasteiger partial charge >= 0.3 is 0 Å². The maximum absolute atomic E-state index is 14.9. The highest BCUT2D eigenvalue weighted by Crippen LogP contribution is 2.42. The van der Waals surface area contributed by atoms with Crippen molar-refractivity contribution in [3.05, 3.63) is 110 Å². The first-order valence-corrected chi connectivity index (χ1v) is 10.2. The third-order valence-electron chi connectivity index (χ3n) is 5.80. The zero-order valence-corrected chi connectivity index (χ0v) is 17.5. The number of fused-ring (bicyclic) bond motifs is 2. The van der Waals surface area contributed by atoms with Gasteiger partial charge in [0.15, 0.2) is 5.43 Å². The molecule has 0 saturated heterocycles.